The maximum absolute atomic E-state index is 12.4. The van der Waals surface area contributed by atoms with Crippen LogP contribution in [0.1, 0.15) is 33.8 Å². The molecule has 172 valence electrons. The summed E-state index contributed by atoms with van der Waals surface area (Å²) in [6.45, 7) is 0.564. The van der Waals surface area contributed by atoms with Crippen LogP contribution in [-0.2, 0) is 9.53 Å². The molecule has 0 spiro atoms. The molecular weight excluding hydrogens is 432 g/mol. The van der Waals surface area contributed by atoms with Crippen molar-refractivity contribution in [3.8, 4) is 11.1 Å². The van der Waals surface area contributed by atoms with Gasteiger partial charge in [0.15, 0.2) is 0 Å². The van der Waals surface area contributed by atoms with Gasteiger partial charge in [-0.1, -0.05) is 48.5 Å². The average molecular weight is 456 g/mol. The van der Waals surface area contributed by atoms with E-state index in [4.69, 9.17) is 9.84 Å². The van der Waals surface area contributed by atoms with E-state index < -0.39 is 12.1 Å². The Kier molecular flexibility index (Phi) is 5.76. The summed E-state index contributed by atoms with van der Waals surface area (Å²) in [6, 6.07) is 22.8. The van der Waals surface area contributed by atoms with Gasteiger partial charge in [0, 0.05) is 23.7 Å². The van der Waals surface area contributed by atoms with E-state index in [1.54, 1.807) is 24.3 Å². The third-order valence-corrected chi connectivity index (χ3v) is 6.50. The van der Waals surface area contributed by atoms with Gasteiger partial charge in [0.2, 0.25) is 0 Å². The number of anilines is 1. The van der Waals surface area contributed by atoms with Gasteiger partial charge in [0.1, 0.15) is 6.61 Å². The number of rotatable bonds is 7. The lowest BCUT2D eigenvalue weighted by atomic mass is 9.98. The normalized spacial score (nSPS) is 17.9. The van der Waals surface area contributed by atoms with E-state index in [0.29, 0.717) is 24.2 Å². The molecule has 2 atom stereocenters. The van der Waals surface area contributed by atoms with Crippen LogP contribution >= 0.6 is 0 Å². The van der Waals surface area contributed by atoms with Crippen molar-refractivity contribution in [1.82, 2.24) is 5.32 Å². The fourth-order valence-corrected chi connectivity index (χ4v) is 4.56. The highest BCUT2D eigenvalue weighted by atomic mass is 16.5. The first kappa shape index (κ1) is 21.7. The zero-order valence-electron chi connectivity index (χ0n) is 18.4. The predicted molar refractivity (Wildman–Crippen MR) is 127 cm³/mol. The Balaban J connectivity index is 1.14. The first-order valence-electron chi connectivity index (χ1n) is 11.2. The summed E-state index contributed by atoms with van der Waals surface area (Å²) in [5.74, 6) is -1.47. The number of amides is 2. The monoisotopic (exact) mass is 456 g/mol. The predicted octanol–water partition coefficient (Wildman–Crippen LogP) is 4.50. The second-order valence-electron chi connectivity index (χ2n) is 8.68. The van der Waals surface area contributed by atoms with Gasteiger partial charge in [-0.25, -0.2) is 4.79 Å². The van der Waals surface area contributed by atoms with Gasteiger partial charge < -0.3 is 15.2 Å². The maximum Gasteiger partial charge on any atom is 0.411 e. The van der Waals surface area contributed by atoms with Crippen LogP contribution in [0.2, 0.25) is 0 Å². The molecule has 0 radical (unpaired) electrons. The molecule has 3 aromatic carbocycles. The summed E-state index contributed by atoms with van der Waals surface area (Å²) in [5, 5.41) is 14.4. The van der Waals surface area contributed by atoms with E-state index in [1.165, 1.54) is 11.1 Å². The second kappa shape index (κ2) is 9.02. The van der Waals surface area contributed by atoms with Crippen molar-refractivity contribution in [2.45, 2.75) is 12.3 Å². The molecule has 2 aliphatic rings. The molecule has 0 aromatic heterocycles. The highest BCUT2D eigenvalue weighted by Crippen LogP contribution is 2.44. The van der Waals surface area contributed by atoms with Crippen molar-refractivity contribution in [3.05, 3.63) is 89.5 Å². The number of hydrogen-bond acceptors (Lipinski definition) is 4. The number of carbonyl (C=O) groups is 3. The van der Waals surface area contributed by atoms with Crippen molar-refractivity contribution < 1.29 is 24.2 Å². The fraction of sp³-hybridized carbons (Fsp3) is 0.222. The first-order chi connectivity index (χ1) is 16.5. The minimum Gasteiger partial charge on any atom is -0.481 e. The van der Waals surface area contributed by atoms with Crippen LogP contribution in [0.5, 0.6) is 0 Å². The number of aliphatic carboxylic acids is 1. The maximum atomic E-state index is 12.4. The van der Waals surface area contributed by atoms with Crippen LogP contribution in [0, 0.1) is 11.8 Å². The summed E-state index contributed by atoms with van der Waals surface area (Å²) in [6.07, 6.45) is 0.0334. The molecule has 1 saturated carbocycles. The second-order valence-corrected chi connectivity index (χ2v) is 8.68. The van der Waals surface area contributed by atoms with E-state index in [-0.39, 0.29) is 30.3 Å². The summed E-state index contributed by atoms with van der Waals surface area (Å²) < 4.78 is 5.55. The Morgan fingerprint density at radius 3 is 2.09 bits per heavy atom. The van der Waals surface area contributed by atoms with Crippen molar-refractivity contribution in [2.24, 2.45) is 11.8 Å². The quantitative estimate of drug-likeness (QED) is 0.486. The highest BCUT2D eigenvalue weighted by Gasteiger charge is 2.43. The Labute approximate surface area is 196 Å². The summed E-state index contributed by atoms with van der Waals surface area (Å²) in [5.41, 5.74) is 5.58. The van der Waals surface area contributed by atoms with Crippen LogP contribution in [0.3, 0.4) is 0 Å². The lowest BCUT2D eigenvalue weighted by molar-refractivity contribution is -0.138. The number of carbonyl (C=O) groups excluding carboxylic acids is 2. The molecule has 7 nitrogen and oxygen atoms in total. The lowest BCUT2D eigenvalue weighted by Gasteiger charge is -2.14. The smallest absolute Gasteiger partial charge is 0.411 e. The van der Waals surface area contributed by atoms with Crippen LogP contribution in [0.25, 0.3) is 11.1 Å². The number of ether oxygens (including phenoxy) is 1. The minimum atomic E-state index is -0.817. The molecule has 0 saturated heterocycles. The van der Waals surface area contributed by atoms with Crippen molar-refractivity contribution in [1.29, 1.82) is 0 Å². The van der Waals surface area contributed by atoms with Gasteiger partial charge in [0.05, 0.1) is 5.92 Å². The molecule has 2 amide bonds. The van der Waals surface area contributed by atoms with Gasteiger partial charge in [-0.05, 0) is 58.9 Å². The van der Waals surface area contributed by atoms with Gasteiger partial charge in [0.25, 0.3) is 5.91 Å². The van der Waals surface area contributed by atoms with Gasteiger partial charge in [-0.2, -0.15) is 0 Å². The SMILES string of the molecule is O=C(Nc1ccc(C(=O)NC[C@@H]2C[C@@H]2C(=O)O)cc1)OCC1c2ccccc2-c2ccccc21. The third kappa shape index (κ3) is 4.37. The highest BCUT2D eigenvalue weighted by molar-refractivity contribution is 5.95. The van der Waals surface area contributed by atoms with Gasteiger partial charge in [-0.3, -0.25) is 14.9 Å². The molecule has 0 bridgehead atoms. The number of carboxylic acids is 1. The molecule has 7 heteroatoms. The van der Waals surface area contributed by atoms with Gasteiger partial charge in [-0.15, -0.1) is 0 Å². The van der Waals surface area contributed by atoms with E-state index >= 15 is 0 Å². The molecule has 3 aromatic rings. The fourth-order valence-electron chi connectivity index (χ4n) is 4.56. The van der Waals surface area contributed by atoms with Gasteiger partial charge >= 0.3 is 12.1 Å². The molecule has 0 unspecified atom stereocenters. The average Bonchev–Trinajstić information content (AvgIpc) is 3.57. The summed E-state index contributed by atoms with van der Waals surface area (Å²) in [4.78, 5) is 35.6. The molecule has 34 heavy (non-hydrogen) atoms. The number of hydrogen-bond donors (Lipinski definition) is 3. The Bertz CT molecular complexity index is 1210. The van der Waals surface area contributed by atoms with Crippen LogP contribution in [0.4, 0.5) is 10.5 Å². The third-order valence-electron chi connectivity index (χ3n) is 6.50. The van der Waals surface area contributed by atoms with Crippen molar-refractivity contribution in [3.63, 3.8) is 0 Å². The molecule has 2 aliphatic carbocycles. The Hall–Kier alpha value is -4.13. The largest absolute Gasteiger partial charge is 0.481 e. The topological polar surface area (TPSA) is 105 Å². The Morgan fingerprint density at radius 2 is 1.50 bits per heavy atom. The van der Waals surface area contributed by atoms with E-state index in [0.717, 1.165) is 11.1 Å². The summed E-state index contributed by atoms with van der Waals surface area (Å²) >= 11 is 0. The zero-order valence-corrected chi connectivity index (χ0v) is 18.4. The molecular formula is C27H24N2O5. The number of benzene rings is 3. The number of carboxylic acid groups (broad SMARTS) is 1. The molecule has 1 fully saturated rings. The first-order valence-corrected chi connectivity index (χ1v) is 11.2. The van der Waals surface area contributed by atoms with Crippen LogP contribution < -0.4 is 10.6 Å². The van der Waals surface area contributed by atoms with E-state index in [1.807, 2.05) is 24.3 Å². The number of fused-ring (bicyclic) bond motifs is 3. The molecule has 0 heterocycles. The van der Waals surface area contributed by atoms with Crippen molar-refractivity contribution >= 4 is 23.7 Å². The molecule has 0 aliphatic heterocycles. The van der Waals surface area contributed by atoms with E-state index in [2.05, 4.69) is 34.9 Å². The summed E-state index contributed by atoms with van der Waals surface area (Å²) in [7, 11) is 0. The minimum absolute atomic E-state index is 0.00374. The van der Waals surface area contributed by atoms with Crippen molar-refractivity contribution in [2.75, 3.05) is 18.5 Å². The Morgan fingerprint density at radius 1 is 0.882 bits per heavy atom. The lowest BCUT2D eigenvalue weighted by Crippen LogP contribution is -2.26. The molecule has 5 rings (SSSR count). The van der Waals surface area contributed by atoms with Crippen LogP contribution in [0.15, 0.2) is 72.8 Å². The van der Waals surface area contributed by atoms with Crippen LogP contribution in [-0.4, -0.2) is 36.2 Å². The number of nitrogens with one attached hydrogen (secondary N) is 2. The molecule has 3 N–H and O–H groups in total. The van der Waals surface area contributed by atoms with E-state index in [9.17, 15) is 14.4 Å². The standard InChI is InChI=1S/C27H24N2O5/c30-25(28-14-17-13-23(17)26(31)32)16-9-11-18(12-10-16)29-27(33)34-15-24-21-7-3-1-5-19(21)20-6-2-4-8-22(20)24/h1-12,17,23-24H,13-15H2,(H,28,30)(H,29,33)(H,31,32)/t17-,23-/m0/s1. The zero-order chi connectivity index (χ0) is 23.7.